The van der Waals surface area contributed by atoms with Crippen molar-refractivity contribution in [1.82, 2.24) is 9.72 Å². The number of rotatable bonds is 2. The molecule has 3 rings (SSSR count). The van der Waals surface area contributed by atoms with E-state index in [9.17, 15) is 0 Å². The van der Waals surface area contributed by atoms with Crippen LogP contribution in [0.3, 0.4) is 0 Å². The van der Waals surface area contributed by atoms with E-state index in [0.29, 0.717) is 6.04 Å². The van der Waals surface area contributed by atoms with Crippen molar-refractivity contribution in [1.29, 1.82) is 0 Å². The summed E-state index contributed by atoms with van der Waals surface area (Å²) in [5, 5.41) is 4.45. The Bertz CT molecular complexity index is 538. The lowest BCUT2D eigenvalue weighted by molar-refractivity contribution is 0.591. The first-order chi connectivity index (χ1) is 8.27. The molecule has 0 saturated carbocycles. The van der Waals surface area contributed by atoms with Crippen molar-refractivity contribution < 1.29 is 0 Å². The molecule has 2 aromatic rings. The number of fused-ring (bicyclic) bond motifs is 1. The summed E-state index contributed by atoms with van der Waals surface area (Å²) in [6.45, 7) is 3.28. The van der Waals surface area contributed by atoms with Crippen molar-refractivity contribution in [3.05, 3.63) is 40.7 Å². The molecule has 0 spiro atoms. The molecule has 0 amide bonds. The molecule has 2 nitrogen and oxygen atoms in total. The van der Waals surface area contributed by atoms with Gasteiger partial charge in [-0.25, -0.2) is 0 Å². The first kappa shape index (κ1) is 11.1. The zero-order valence-electron chi connectivity index (χ0n) is 10.0. The summed E-state index contributed by atoms with van der Waals surface area (Å²) in [7, 11) is 0. The van der Waals surface area contributed by atoms with Gasteiger partial charge in [-0.15, -0.1) is 0 Å². The molecule has 0 bridgehead atoms. The van der Waals surface area contributed by atoms with Gasteiger partial charge in [-0.3, -0.25) is 0 Å². The van der Waals surface area contributed by atoms with E-state index in [2.05, 4.69) is 35.0 Å². The minimum Gasteiger partial charge on any atom is -0.319 e. The molecule has 1 unspecified atom stereocenters. The normalized spacial score (nSPS) is 20.2. The van der Waals surface area contributed by atoms with E-state index >= 15 is 0 Å². The maximum absolute atomic E-state index is 6.39. The number of hydrogen-bond donors (Lipinski definition) is 1. The Morgan fingerprint density at radius 3 is 3.12 bits per heavy atom. The number of nitrogens with zero attached hydrogens (tertiary/aromatic N) is 1. The Morgan fingerprint density at radius 2 is 2.35 bits per heavy atom. The smallest absolute Gasteiger partial charge is 0.0693 e. The fourth-order valence-electron chi connectivity index (χ4n) is 2.77. The third-order valence-electron chi connectivity index (χ3n) is 3.74. The van der Waals surface area contributed by atoms with Crippen molar-refractivity contribution in [3.63, 3.8) is 0 Å². The Kier molecular flexibility index (Phi) is 2.85. The van der Waals surface area contributed by atoms with E-state index in [1.807, 2.05) is 6.07 Å². The molecule has 0 aliphatic carbocycles. The molecule has 1 aliphatic heterocycles. The SMILES string of the molecule is Cc1c(Cl)c2ccccn2c1CC1CCCN1. The minimum atomic E-state index is 0.614. The summed E-state index contributed by atoms with van der Waals surface area (Å²) in [4.78, 5) is 0. The van der Waals surface area contributed by atoms with Crippen LogP contribution >= 0.6 is 11.6 Å². The lowest BCUT2D eigenvalue weighted by atomic mass is 10.1. The van der Waals surface area contributed by atoms with Gasteiger partial charge in [0.1, 0.15) is 0 Å². The average Bonchev–Trinajstić information content (AvgIpc) is 2.94. The first-order valence-corrected chi connectivity index (χ1v) is 6.62. The van der Waals surface area contributed by atoms with Crippen LogP contribution in [0, 0.1) is 6.92 Å². The highest BCUT2D eigenvalue weighted by Crippen LogP contribution is 2.29. The maximum Gasteiger partial charge on any atom is 0.0693 e. The Balaban J connectivity index is 2.05. The number of aromatic nitrogens is 1. The van der Waals surface area contributed by atoms with Crippen LogP contribution in [0.25, 0.3) is 5.52 Å². The monoisotopic (exact) mass is 248 g/mol. The second-order valence-corrected chi connectivity index (χ2v) is 5.22. The van der Waals surface area contributed by atoms with Crippen molar-refractivity contribution in [3.8, 4) is 0 Å². The summed E-state index contributed by atoms with van der Waals surface area (Å²) in [5.74, 6) is 0. The molecule has 0 aromatic carbocycles. The van der Waals surface area contributed by atoms with Crippen LogP contribution in [0.4, 0.5) is 0 Å². The van der Waals surface area contributed by atoms with E-state index in [-0.39, 0.29) is 0 Å². The van der Waals surface area contributed by atoms with Gasteiger partial charge in [0, 0.05) is 24.4 Å². The van der Waals surface area contributed by atoms with Gasteiger partial charge in [0.05, 0.1) is 10.5 Å². The number of nitrogens with one attached hydrogen (secondary N) is 1. The molecule has 3 heteroatoms. The second-order valence-electron chi connectivity index (χ2n) is 4.84. The van der Waals surface area contributed by atoms with Crippen LogP contribution in [0.2, 0.25) is 5.02 Å². The van der Waals surface area contributed by atoms with Crippen molar-refractivity contribution in [2.24, 2.45) is 0 Å². The van der Waals surface area contributed by atoms with E-state index in [0.717, 1.165) is 23.5 Å². The molecule has 17 heavy (non-hydrogen) atoms. The Labute approximate surface area is 107 Å². The molecule has 1 saturated heterocycles. The second kappa shape index (κ2) is 4.35. The van der Waals surface area contributed by atoms with Crippen molar-refractivity contribution >= 4 is 17.1 Å². The third-order valence-corrected chi connectivity index (χ3v) is 4.22. The van der Waals surface area contributed by atoms with Crippen LogP contribution in [-0.2, 0) is 6.42 Å². The van der Waals surface area contributed by atoms with Crippen LogP contribution < -0.4 is 5.32 Å². The third kappa shape index (κ3) is 1.85. The predicted octanol–water partition coefficient (Wildman–Crippen LogP) is 3.20. The molecule has 1 fully saturated rings. The summed E-state index contributed by atoms with van der Waals surface area (Å²) in [6, 6.07) is 6.80. The van der Waals surface area contributed by atoms with Gasteiger partial charge < -0.3 is 9.72 Å². The molecule has 3 heterocycles. The molecular formula is C14H17ClN2. The lowest BCUT2D eigenvalue weighted by Crippen LogP contribution is -2.24. The standard InChI is InChI=1S/C14H17ClN2/c1-10-13(9-11-5-4-7-16-11)17-8-3-2-6-12(17)14(10)15/h2-3,6,8,11,16H,4-5,7,9H2,1H3. The zero-order valence-corrected chi connectivity index (χ0v) is 10.8. The lowest BCUT2D eigenvalue weighted by Gasteiger charge is -2.11. The summed E-state index contributed by atoms with van der Waals surface area (Å²) in [5.41, 5.74) is 3.70. The summed E-state index contributed by atoms with van der Waals surface area (Å²) < 4.78 is 2.23. The Morgan fingerprint density at radius 1 is 1.47 bits per heavy atom. The van der Waals surface area contributed by atoms with E-state index < -0.39 is 0 Å². The number of hydrogen-bond acceptors (Lipinski definition) is 1. The molecule has 90 valence electrons. The highest BCUT2D eigenvalue weighted by Gasteiger charge is 2.19. The number of pyridine rings is 1. The fraction of sp³-hybridized carbons (Fsp3) is 0.429. The zero-order chi connectivity index (χ0) is 11.8. The van der Waals surface area contributed by atoms with Gasteiger partial charge in [-0.05, 0) is 44.0 Å². The molecule has 1 aliphatic rings. The van der Waals surface area contributed by atoms with Crippen molar-refractivity contribution in [2.45, 2.75) is 32.2 Å². The molecule has 2 aromatic heterocycles. The first-order valence-electron chi connectivity index (χ1n) is 6.25. The minimum absolute atomic E-state index is 0.614. The predicted molar refractivity (Wildman–Crippen MR) is 71.9 cm³/mol. The van der Waals surface area contributed by atoms with Gasteiger partial charge in [0.2, 0.25) is 0 Å². The summed E-state index contributed by atoms with van der Waals surface area (Å²) in [6.07, 6.45) is 5.75. The van der Waals surface area contributed by atoms with Crippen LogP contribution in [0.1, 0.15) is 24.1 Å². The highest BCUT2D eigenvalue weighted by molar-refractivity contribution is 6.34. The van der Waals surface area contributed by atoms with Gasteiger partial charge in [0.15, 0.2) is 0 Å². The summed E-state index contributed by atoms with van der Waals surface area (Å²) >= 11 is 6.39. The maximum atomic E-state index is 6.39. The van der Waals surface area contributed by atoms with Crippen molar-refractivity contribution in [2.75, 3.05) is 6.54 Å². The van der Waals surface area contributed by atoms with Crippen LogP contribution in [0.5, 0.6) is 0 Å². The molecule has 1 atom stereocenters. The van der Waals surface area contributed by atoms with Gasteiger partial charge in [-0.2, -0.15) is 0 Å². The topological polar surface area (TPSA) is 16.4 Å². The average molecular weight is 249 g/mol. The quantitative estimate of drug-likeness (QED) is 0.864. The van der Waals surface area contributed by atoms with Gasteiger partial charge >= 0.3 is 0 Å². The van der Waals surface area contributed by atoms with E-state index in [1.54, 1.807) is 0 Å². The molecule has 1 N–H and O–H groups in total. The fourth-order valence-corrected chi connectivity index (χ4v) is 3.04. The van der Waals surface area contributed by atoms with Crippen LogP contribution in [-0.4, -0.2) is 17.0 Å². The number of halogens is 1. The highest BCUT2D eigenvalue weighted by atomic mass is 35.5. The van der Waals surface area contributed by atoms with E-state index in [1.165, 1.54) is 24.1 Å². The van der Waals surface area contributed by atoms with Gasteiger partial charge in [-0.1, -0.05) is 17.7 Å². The Hall–Kier alpha value is -0.990. The largest absolute Gasteiger partial charge is 0.319 e. The molecular weight excluding hydrogens is 232 g/mol. The van der Waals surface area contributed by atoms with E-state index in [4.69, 9.17) is 11.6 Å². The molecule has 0 radical (unpaired) electrons. The van der Waals surface area contributed by atoms with Crippen LogP contribution in [0.15, 0.2) is 24.4 Å². The van der Waals surface area contributed by atoms with Gasteiger partial charge in [0.25, 0.3) is 0 Å².